The second kappa shape index (κ2) is 5.37. The molecule has 1 aliphatic heterocycles. The zero-order chi connectivity index (χ0) is 15.0. The van der Waals surface area contributed by atoms with Crippen LogP contribution in [0.25, 0.3) is 0 Å². The molecule has 0 saturated heterocycles. The molecule has 2 N–H and O–H groups in total. The number of benzene rings is 2. The molecule has 0 aromatic heterocycles. The summed E-state index contributed by atoms with van der Waals surface area (Å²) < 4.78 is 13.2. The fourth-order valence-corrected chi connectivity index (χ4v) is 2.78. The van der Waals surface area contributed by atoms with Crippen LogP contribution in [-0.2, 0) is 17.8 Å². The van der Waals surface area contributed by atoms with Crippen molar-refractivity contribution < 1.29 is 9.18 Å². The Labute approximate surface area is 127 Å². The largest absolute Gasteiger partial charge is 0.399 e. The van der Waals surface area contributed by atoms with E-state index in [1.165, 1.54) is 6.07 Å². The second-order valence-corrected chi connectivity index (χ2v) is 5.52. The van der Waals surface area contributed by atoms with Gasteiger partial charge in [0.15, 0.2) is 0 Å². The van der Waals surface area contributed by atoms with Gasteiger partial charge in [0.25, 0.3) is 0 Å². The number of rotatable bonds is 2. The standard InChI is InChI=1S/C16H14ClFN2O/c17-13-7-10(1-4-14(13)18)9-20-15-5-3-12(19)8-11(15)2-6-16(20)21/h1,3-5,7-8H,2,6,9,19H2. The maximum Gasteiger partial charge on any atom is 0.227 e. The molecule has 3 rings (SSSR count). The van der Waals surface area contributed by atoms with Crippen molar-refractivity contribution in [2.75, 3.05) is 10.6 Å². The SMILES string of the molecule is Nc1ccc2c(c1)CCC(=O)N2Cc1ccc(F)c(Cl)c1. The van der Waals surface area contributed by atoms with Gasteiger partial charge in [-0.15, -0.1) is 0 Å². The van der Waals surface area contributed by atoms with E-state index in [4.69, 9.17) is 17.3 Å². The van der Waals surface area contributed by atoms with Crippen molar-refractivity contribution in [2.45, 2.75) is 19.4 Å². The minimum Gasteiger partial charge on any atom is -0.399 e. The zero-order valence-corrected chi connectivity index (χ0v) is 12.0. The third kappa shape index (κ3) is 2.72. The summed E-state index contributed by atoms with van der Waals surface area (Å²) >= 11 is 5.79. The molecule has 0 fully saturated rings. The minimum atomic E-state index is -0.460. The Balaban J connectivity index is 1.94. The number of nitrogens with two attached hydrogens (primary N) is 1. The molecular weight excluding hydrogens is 291 g/mol. The number of carbonyl (C=O) groups excluding carboxylic acids is 1. The van der Waals surface area contributed by atoms with Crippen LogP contribution in [0.1, 0.15) is 17.5 Å². The molecule has 0 atom stereocenters. The Bertz CT molecular complexity index is 717. The fraction of sp³-hybridized carbons (Fsp3) is 0.188. The van der Waals surface area contributed by atoms with Gasteiger partial charge in [-0.05, 0) is 47.9 Å². The first-order valence-corrected chi connectivity index (χ1v) is 7.05. The molecule has 0 spiro atoms. The minimum absolute atomic E-state index is 0.0488. The highest BCUT2D eigenvalue weighted by Crippen LogP contribution is 2.31. The third-order valence-corrected chi connectivity index (χ3v) is 3.92. The van der Waals surface area contributed by atoms with Crippen LogP contribution in [0.15, 0.2) is 36.4 Å². The summed E-state index contributed by atoms with van der Waals surface area (Å²) in [4.78, 5) is 13.9. The number of nitrogen functional groups attached to an aromatic ring is 1. The van der Waals surface area contributed by atoms with Gasteiger partial charge in [0.2, 0.25) is 5.91 Å². The summed E-state index contributed by atoms with van der Waals surface area (Å²) in [5.41, 5.74) is 9.19. The van der Waals surface area contributed by atoms with Crippen LogP contribution in [0.4, 0.5) is 15.8 Å². The highest BCUT2D eigenvalue weighted by Gasteiger charge is 2.24. The smallest absolute Gasteiger partial charge is 0.227 e. The van der Waals surface area contributed by atoms with Gasteiger partial charge in [-0.1, -0.05) is 17.7 Å². The van der Waals surface area contributed by atoms with Crippen LogP contribution < -0.4 is 10.6 Å². The van der Waals surface area contributed by atoms with Crippen molar-refractivity contribution in [3.05, 3.63) is 58.4 Å². The normalized spacial score (nSPS) is 14.2. The average molecular weight is 305 g/mol. The van der Waals surface area contributed by atoms with E-state index in [-0.39, 0.29) is 10.9 Å². The number of hydrogen-bond acceptors (Lipinski definition) is 2. The first-order chi connectivity index (χ1) is 10.0. The van der Waals surface area contributed by atoms with E-state index >= 15 is 0 Å². The van der Waals surface area contributed by atoms with E-state index in [2.05, 4.69) is 0 Å². The predicted molar refractivity (Wildman–Crippen MR) is 81.8 cm³/mol. The number of amides is 1. The molecule has 3 nitrogen and oxygen atoms in total. The van der Waals surface area contributed by atoms with Crippen molar-refractivity contribution >= 4 is 28.9 Å². The van der Waals surface area contributed by atoms with Crippen LogP contribution in [-0.4, -0.2) is 5.91 Å². The van der Waals surface area contributed by atoms with Gasteiger partial charge in [-0.2, -0.15) is 0 Å². The van der Waals surface area contributed by atoms with Crippen molar-refractivity contribution in [3.8, 4) is 0 Å². The molecule has 21 heavy (non-hydrogen) atoms. The van der Waals surface area contributed by atoms with Crippen molar-refractivity contribution in [1.82, 2.24) is 0 Å². The molecule has 1 amide bonds. The number of nitrogens with zero attached hydrogens (tertiary/aromatic N) is 1. The molecule has 1 aliphatic rings. The van der Waals surface area contributed by atoms with Gasteiger partial charge >= 0.3 is 0 Å². The van der Waals surface area contributed by atoms with E-state index in [0.717, 1.165) is 16.8 Å². The first-order valence-electron chi connectivity index (χ1n) is 6.67. The first kappa shape index (κ1) is 13.9. The zero-order valence-electron chi connectivity index (χ0n) is 11.3. The monoisotopic (exact) mass is 304 g/mol. The van der Waals surface area contributed by atoms with Gasteiger partial charge in [-0.25, -0.2) is 4.39 Å². The highest BCUT2D eigenvalue weighted by atomic mass is 35.5. The van der Waals surface area contributed by atoms with Crippen molar-refractivity contribution in [1.29, 1.82) is 0 Å². The van der Waals surface area contributed by atoms with E-state index in [9.17, 15) is 9.18 Å². The van der Waals surface area contributed by atoms with E-state index in [0.29, 0.717) is 25.1 Å². The molecule has 0 unspecified atom stereocenters. The maximum absolute atomic E-state index is 13.2. The number of anilines is 2. The summed E-state index contributed by atoms with van der Waals surface area (Å²) in [6.07, 6.45) is 1.14. The summed E-state index contributed by atoms with van der Waals surface area (Å²) in [6, 6.07) is 10.0. The number of hydrogen-bond donors (Lipinski definition) is 1. The van der Waals surface area contributed by atoms with Gasteiger partial charge in [-0.3, -0.25) is 4.79 Å². The molecule has 0 saturated carbocycles. The Morgan fingerprint density at radius 2 is 2.00 bits per heavy atom. The van der Waals surface area contributed by atoms with E-state index in [1.54, 1.807) is 23.1 Å². The van der Waals surface area contributed by atoms with Gasteiger partial charge in [0.05, 0.1) is 11.6 Å². The van der Waals surface area contributed by atoms with Gasteiger partial charge in [0, 0.05) is 17.8 Å². The van der Waals surface area contributed by atoms with Crippen LogP contribution in [0, 0.1) is 5.82 Å². The summed E-state index contributed by atoms with van der Waals surface area (Å²) in [5, 5.41) is 0.0643. The Kier molecular flexibility index (Phi) is 3.55. The number of carbonyl (C=O) groups is 1. The lowest BCUT2D eigenvalue weighted by Gasteiger charge is -2.29. The molecular formula is C16H14ClFN2O. The van der Waals surface area contributed by atoms with E-state index in [1.807, 2.05) is 12.1 Å². The lowest BCUT2D eigenvalue weighted by atomic mass is 10.00. The summed E-state index contributed by atoms with van der Waals surface area (Å²) in [5.74, 6) is -0.411. The molecule has 2 aromatic carbocycles. The Morgan fingerprint density at radius 1 is 1.19 bits per heavy atom. The number of fused-ring (bicyclic) bond motifs is 1. The Hall–Kier alpha value is -2.07. The van der Waals surface area contributed by atoms with E-state index < -0.39 is 5.82 Å². The van der Waals surface area contributed by atoms with Crippen LogP contribution in [0.2, 0.25) is 5.02 Å². The summed E-state index contributed by atoms with van der Waals surface area (Å²) in [7, 11) is 0. The lowest BCUT2D eigenvalue weighted by molar-refractivity contribution is -0.119. The summed E-state index contributed by atoms with van der Waals surface area (Å²) in [6.45, 7) is 0.371. The second-order valence-electron chi connectivity index (χ2n) is 5.12. The number of halogens is 2. The molecule has 2 aromatic rings. The van der Waals surface area contributed by atoms with Gasteiger partial charge < -0.3 is 10.6 Å². The highest BCUT2D eigenvalue weighted by molar-refractivity contribution is 6.30. The van der Waals surface area contributed by atoms with Gasteiger partial charge in [0.1, 0.15) is 5.82 Å². The quantitative estimate of drug-likeness (QED) is 0.863. The van der Waals surface area contributed by atoms with Crippen molar-refractivity contribution in [2.24, 2.45) is 0 Å². The molecule has 0 aliphatic carbocycles. The number of aryl methyl sites for hydroxylation is 1. The topological polar surface area (TPSA) is 46.3 Å². The maximum atomic E-state index is 13.2. The molecule has 0 bridgehead atoms. The Morgan fingerprint density at radius 3 is 2.76 bits per heavy atom. The van der Waals surface area contributed by atoms with Crippen molar-refractivity contribution in [3.63, 3.8) is 0 Å². The molecule has 5 heteroatoms. The third-order valence-electron chi connectivity index (χ3n) is 3.63. The lowest BCUT2D eigenvalue weighted by Crippen LogP contribution is -2.34. The fourth-order valence-electron chi connectivity index (χ4n) is 2.57. The van der Waals surface area contributed by atoms with Crippen LogP contribution in [0.5, 0.6) is 0 Å². The average Bonchev–Trinajstić information content (AvgIpc) is 2.46. The molecule has 0 radical (unpaired) electrons. The molecule has 108 valence electrons. The molecule has 1 heterocycles. The predicted octanol–water partition coefficient (Wildman–Crippen LogP) is 3.54. The van der Waals surface area contributed by atoms with Crippen LogP contribution >= 0.6 is 11.6 Å². The van der Waals surface area contributed by atoms with Crippen LogP contribution in [0.3, 0.4) is 0 Å².